The fourth-order valence-corrected chi connectivity index (χ4v) is 2.20. The second kappa shape index (κ2) is 5.87. The molecule has 0 aromatic heterocycles. The molecule has 0 bridgehead atoms. The van der Waals surface area contributed by atoms with Crippen molar-refractivity contribution in [3.8, 4) is 0 Å². The molecule has 1 N–H and O–H groups in total. The highest BCUT2D eigenvalue weighted by molar-refractivity contribution is 5.76. The molecule has 0 radical (unpaired) electrons. The monoisotopic (exact) mass is 249 g/mol. The highest BCUT2D eigenvalue weighted by atomic mass is 16.5. The van der Waals surface area contributed by atoms with Crippen molar-refractivity contribution >= 4 is 11.7 Å². The summed E-state index contributed by atoms with van der Waals surface area (Å²) in [5.74, 6) is -0.591. The molecule has 1 aromatic carbocycles. The lowest BCUT2D eigenvalue weighted by Crippen LogP contribution is -2.18. The van der Waals surface area contributed by atoms with Gasteiger partial charge in [0.05, 0.1) is 6.61 Å². The van der Waals surface area contributed by atoms with Crippen molar-refractivity contribution in [1.29, 1.82) is 0 Å². The summed E-state index contributed by atoms with van der Waals surface area (Å²) in [6.45, 7) is 4.17. The third-order valence-electron chi connectivity index (χ3n) is 3.19. The molecule has 1 atom stereocenters. The van der Waals surface area contributed by atoms with E-state index in [4.69, 9.17) is 4.74 Å². The van der Waals surface area contributed by atoms with Crippen LogP contribution in [0.4, 0.5) is 5.69 Å². The van der Waals surface area contributed by atoms with Gasteiger partial charge in [-0.25, -0.2) is 4.79 Å². The number of nitrogens with zero attached hydrogens (tertiary/aromatic N) is 1. The van der Waals surface area contributed by atoms with E-state index >= 15 is 0 Å². The minimum absolute atomic E-state index is 0.280. The van der Waals surface area contributed by atoms with E-state index in [9.17, 15) is 9.90 Å². The van der Waals surface area contributed by atoms with Gasteiger partial charge < -0.3 is 14.7 Å². The molecular formula is C14H19NO3. The summed E-state index contributed by atoms with van der Waals surface area (Å²) in [4.78, 5) is 13.7. The molecule has 0 spiro atoms. The van der Waals surface area contributed by atoms with Crippen molar-refractivity contribution in [2.75, 3.05) is 24.6 Å². The van der Waals surface area contributed by atoms with Gasteiger partial charge in [-0.2, -0.15) is 0 Å². The third kappa shape index (κ3) is 2.82. The zero-order valence-electron chi connectivity index (χ0n) is 10.6. The molecule has 4 nitrogen and oxygen atoms in total. The second-order valence-electron chi connectivity index (χ2n) is 4.44. The zero-order chi connectivity index (χ0) is 13.0. The number of hydrogen-bond acceptors (Lipinski definition) is 4. The van der Waals surface area contributed by atoms with Gasteiger partial charge in [0.1, 0.15) is 0 Å². The number of hydrogen-bond donors (Lipinski definition) is 1. The van der Waals surface area contributed by atoms with E-state index in [0.717, 1.165) is 18.8 Å². The summed E-state index contributed by atoms with van der Waals surface area (Å²) in [5.41, 5.74) is 1.73. The van der Waals surface area contributed by atoms with Crippen molar-refractivity contribution in [2.24, 2.45) is 0 Å². The number of carbonyl (C=O) groups excluding carboxylic acids is 1. The van der Waals surface area contributed by atoms with Gasteiger partial charge in [-0.1, -0.05) is 12.1 Å². The normalized spacial score (nSPS) is 16.7. The maximum atomic E-state index is 11.4. The number of ether oxygens (including phenoxy) is 1. The van der Waals surface area contributed by atoms with Gasteiger partial charge in [-0.15, -0.1) is 0 Å². The van der Waals surface area contributed by atoms with Gasteiger partial charge in [-0.05, 0) is 37.5 Å². The number of rotatable bonds is 4. The highest BCUT2D eigenvalue weighted by Gasteiger charge is 2.19. The Morgan fingerprint density at radius 2 is 1.94 bits per heavy atom. The zero-order valence-corrected chi connectivity index (χ0v) is 10.6. The quantitative estimate of drug-likeness (QED) is 0.828. The minimum Gasteiger partial charge on any atom is -0.464 e. The van der Waals surface area contributed by atoms with Crippen LogP contribution in [0, 0.1) is 0 Å². The summed E-state index contributed by atoms with van der Waals surface area (Å²) < 4.78 is 4.79. The first-order valence-electron chi connectivity index (χ1n) is 6.42. The van der Waals surface area contributed by atoms with E-state index in [-0.39, 0.29) is 6.61 Å². The lowest BCUT2D eigenvalue weighted by molar-refractivity contribution is -0.153. The van der Waals surface area contributed by atoms with Gasteiger partial charge in [0, 0.05) is 18.8 Å². The molecule has 1 aromatic rings. The van der Waals surface area contributed by atoms with Crippen LogP contribution in [0.15, 0.2) is 24.3 Å². The highest BCUT2D eigenvalue weighted by Crippen LogP contribution is 2.23. The summed E-state index contributed by atoms with van der Waals surface area (Å²) in [6, 6.07) is 7.47. The third-order valence-corrected chi connectivity index (χ3v) is 3.19. The Hall–Kier alpha value is -1.55. The van der Waals surface area contributed by atoms with Gasteiger partial charge in [-0.3, -0.25) is 0 Å². The van der Waals surface area contributed by atoms with Crippen molar-refractivity contribution in [1.82, 2.24) is 0 Å². The molecular weight excluding hydrogens is 230 g/mol. The number of carbonyl (C=O) groups is 1. The van der Waals surface area contributed by atoms with Crippen LogP contribution in [0.25, 0.3) is 0 Å². The van der Waals surface area contributed by atoms with Gasteiger partial charge in [0.15, 0.2) is 6.10 Å². The Bertz CT molecular complexity index is 396. The Morgan fingerprint density at radius 3 is 2.50 bits per heavy atom. The van der Waals surface area contributed by atoms with E-state index in [1.807, 2.05) is 12.1 Å². The summed E-state index contributed by atoms with van der Waals surface area (Å²) in [6.07, 6.45) is 1.28. The van der Waals surface area contributed by atoms with Crippen LogP contribution in [0.3, 0.4) is 0 Å². The van der Waals surface area contributed by atoms with Crippen LogP contribution in [0.1, 0.15) is 31.4 Å². The van der Waals surface area contributed by atoms with Crippen LogP contribution in [-0.2, 0) is 9.53 Å². The first-order chi connectivity index (χ1) is 8.72. The average Bonchev–Trinajstić information content (AvgIpc) is 2.92. The number of benzene rings is 1. The molecule has 1 unspecified atom stereocenters. The van der Waals surface area contributed by atoms with E-state index in [1.165, 1.54) is 12.8 Å². The van der Waals surface area contributed by atoms with E-state index in [0.29, 0.717) is 5.56 Å². The van der Waals surface area contributed by atoms with Crippen LogP contribution < -0.4 is 4.90 Å². The number of aliphatic hydroxyl groups is 1. The topological polar surface area (TPSA) is 49.8 Å². The molecule has 2 rings (SSSR count). The summed E-state index contributed by atoms with van der Waals surface area (Å²) >= 11 is 0. The standard InChI is InChI=1S/C14H19NO3/c1-2-18-14(17)13(16)11-5-7-12(8-6-11)15-9-3-4-10-15/h5-8,13,16H,2-4,9-10H2,1H3. The van der Waals surface area contributed by atoms with Crippen LogP contribution in [-0.4, -0.2) is 30.8 Å². The lowest BCUT2D eigenvalue weighted by Gasteiger charge is -2.18. The Kier molecular flexibility index (Phi) is 4.20. The Morgan fingerprint density at radius 1 is 1.33 bits per heavy atom. The number of aliphatic hydroxyl groups excluding tert-OH is 1. The van der Waals surface area contributed by atoms with Crippen molar-refractivity contribution < 1.29 is 14.6 Å². The van der Waals surface area contributed by atoms with E-state index in [1.54, 1.807) is 19.1 Å². The summed E-state index contributed by atoms with van der Waals surface area (Å²) in [7, 11) is 0. The maximum absolute atomic E-state index is 11.4. The van der Waals surface area contributed by atoms with Crippen molar-refractivity contribution in [3.05, 3.63) is 29.8 Å². The predicted octanol–water partition coefficient (Wildman–Crippen LogP) is 1.88. The molecule has 1 heterocycles. The van der Waals surface area contributed by atoms with Crippen molar-refractivity contribution in [3.63, 3.8) is 0 Å². The molecule has 4 heteroatoms. The molecule has 18 heavy (non-hydrogen) atoms. The second-order valence-corrected chi connectivity index (χ2v) is 4.44. The lowest BCUT2D eigenvalue weighted by atomic mass is 10.1. The first kappa shape index (κ1) is 12.9. The molecule has 0 aliphatic carbocycles. The molecule has 0 amide bonds. The fraction of sp³-hybridized carbons (Fsp3) is 0.500. The Balaban J connectivity index is 2.04. The molecule has 1 aliphatic heterocycles. The first-order valence-corrected chi connectivity index (χ1v) is 6.42. The smallest absolute Gasteiger partial charge is 0.339 e. The number of anilines is 1. The molecule has 1 fully saturated rings. The van der Waals surface area contributed by atoms with Gasteiger partial charge in [0.2, 0.25) is 0 Å². The average molecular weight is 249 g/mol. The Labute approximate surface area is 107 Å². The SMILES string of the molecule is CCOC(=O)C(O)c1ccc(N2CCCC2)cc1. The van der Waals surface area contributed by atoms with Crippen molar-refractivity contribution in [2.45, 2.75) is 25.9 Å². The van der Waals surface area contributed by atoms with Crippen LogP contribution in [0.5, 0.6) is 0 Å². The number of esters is 1. The maximum Gasteiger partial charge on any atom is 0.339 e. The molecule has 1 saturated heterocycles. The summed E-state index contributed by atoms with van der Waals surface area (Å²) in [5, 5.41) is 9.79. The van der Waals surface area contributed by atoms with E-state index in [2.05, 4.69) is 4.90 Å². The van der Waals surface area contributed by atoms with Gasteiger partial charge >= 0.3 is 5.97 Å². The minimum atomic E-state index is -1.18. The van der Waals surface area contributed by atoms with Gasteiger partial charge in [0.25, 0.3) is 0 Å². The fourth-order valence-electron chi connectivity index (χ4n) is 2.20. The predicted molar refractivity (Wildman–Crippen MR) is 69.5 cm³/mol. The molecule has 1 aliphatic rings. The van der Waals surface area contributed by atoms with E-state index < -0.39 is 12.1 Å². The van der Waals surface area contributed by atoms with Crippen LogP contribution in [0.2, 0.25) is 0 Å². The van der Waals surface area contributed by atoms with Crippen LogP contribution >= 0.6 is 0 Å². The molecule has 98 valence electrons. The largest absolute Gasteiger partial charge is 0.464 e. The molecule has 0 saturated carbocycles.